The van der Waals surface area contributed by atoms with E-state index in [9.17, 15) is 9.59 Å². The summed E-state index contributed by atoms with van der Waals surface area (Å²) >= 11 is 0. The molecule has 1 unspecified atom stereocenters. The number of rotatable bonds is 2. The molecule has 3 saturated heterocycles. The van der Waals surface area contributed by atoms with E-state index in [0.717, 1.165) is 58.4 Å². The first-order chi connectivity index (χ1) is 9.66. The third-order valence-corrected chi connectivity index (χ3v) is 4.99. The molecule has 3 aliphatic rings. The van der Waals surface area contributed by atoms with E-state index in [2.05, 4.69) is 22.5 Å². The standard InChI is InChI=1S/C14H24N4O2/c1-2-17-8-5-14(6-9-17)12(19)18(13(20)16-14)11-4-3-7-15-10-11/h11,15H,2-10H2,1H3,(H,16,20). The first-order valence-corrected chi connectivity index (χ1v) is 7.75. The molecule has 0 saturated carbocycles. The van der Waals surface area contributed by atoms with Crippen LogP contribution >= 0.6 is 0 Å². The highest BCUT2D eigenvalue weighted by Gasteiger charge is 2.53. The van der Waals surface area contributed by atoms with Gasteiger partial charge < -0.3 is 15.5 Å². The van der Waals surface area contributed by atoms with Crippen molar-refractivity contribution in [3.05, 3.63) is 0 Å². The second-order valence-electron chi connectivity index (χ2n) is 6.12. The van der Waals surface area contributed by atoms with Gasteiger partial charge in [-0.15, -0.1) is 0 Å². The highest BCUT2D eigenvalue weighted by Crippen LogP contribution is 2.31. The molecule has 2 N–H and O–H groups in total. The van der Waals surface area contributed by atoms with E-state index >= 15 is 0 Å². The number of piperidine rings is 2. The Hall–Kier alpha value is -1.14. The van der Waals surface area contributed by atoms with Crippen molar-refractivity contribution < 1.29 is 9.59 Å². The summed E-state index contributed by atoms with van der Waals surface area (Å²) in [7, 11) is 0. The largest absolute Gasteiger partial charge is 0.325 e. The van der Waals surface area contributed by atoms with Crippen molar-refractivity contribution in [1.29, 1.82) is 0 Å². The van der Waals surface area contributed by atoms with E-state index in [0.29, 0.717) is 0 Å². The van der Waals surface area contributed by atoms with Crippen LogP contribution in [0, 0.1) is 0 Å². The van der Waals surface area contributed by atoms with Gasteiger partial charge in [-0.2, -0.15) is 0 Å². The minimum atomic E-state index is -0.625. The minimum Gasteiger partial charge on any atom is -0.323 e. The van der Waals surface area contributed by atoms with Gasteiger partial charge in [-0.25, -0.2) is 4.79 Å². The van der Waals surface area contributed by atoms with Gasteiger partial charge in [-0.3, -0.25) is 9.69 Å². The predicted octanol–water partition coefficient (Wildman–Crippen LogP) is 0.145. The van der Waals surface area contributed by atoms with Gasteiger partial charge in [0.05, 0.1) is 6.04 Å². The molecule has 1 spiro atoms. The quantitative estimate of drug-likeness (QED) is 0.707. The summed E-state index contributed by atoms with van der Waals surface area (Å²) in [6.45, 7) is 6.63. The van der Waals surface area contributed by atoms with E-state index in [1.165, 1.54) is 4.90 Å². The first kappa shape index (κ1) is 13.8. The number of nitrogens with one attached hydrogen (secondary N) is 2. The van der Waals surface area contributed by atoms with Gasteiger partial charge in [0.15, 0.2) is 0 Å². The van der Waals surface area contributed by atoms with Gasteiger partial charge in [0.25, 0.3) is 5.91 Å². The maximum atomic E-state index is 12.8. The topological polar surface area (TPSA) is 64.7 Å². The lowest BCUT2D eigenvalue weighted by Gasteiger charge is -2.37. The van der Waals surface area contributed by atoms with Crippen LogP contribution in [0.5, 0.6) is 0 Å². The third-order valence-electron chi connectivity index (χ3n) is 4.99. The summed E-state index contributed by atoms with van der Waals surface area (Å²) in [6.07, 6.45) is 3.42. The van der Waals surface area contributed by atoms with Crippen LogP contribution in [0.2, 0.25) is 0 Å². The van der Waals surface area contributed by atoms with Gasteiger partial charge >= 0.3 is 6.03 Å². The zero-order chi connectivity index (χ0) is 14.2. The number of urea groups is 1. The Morgan fingerprint density at radius 3 is 2.65 bits per heavy atom. The molecule has 0 radical (unpaired) electrons. The fourth-order valence-electron chi connectivity index (χ4n) is 3.62. The van der Waals surface area contributed by atoms with E-state index in [-0.39, 0.29) is 18.0 Å². The molecule has 3 rings (SSSR count). The molecule has 0 aliphatic carbocycles. The molecule has 0 aromatic carbocycles. The minimum absolute atomic E-state index is 0.00644. The number of hydrogen-bond acceptors (Lipinski definition) is 4. The van der Waals surface area contributed by atoms with Crippen molar-refractivity contribution in [2.45, 2.75) is 44.2 Å². The van der Waals surface area contributed by atoms with Crippen molar-refractivity contribution in [2.24, 2.45) is 0 Å². The summed E-state index contributed by atoms with van der Waals surface area (Å²) in [4.78, 5) is 28.9. The molecule has 20 heavy (non-hydrogen) atoms. The lowest BCUT2D eigenvalue weighted by Crippen LogP contribution is -2.55. The Kier molecular flexibility index (Phi) is 3.69. The maximum absolute atomic E-state index is 12.8. The summed E-state index contributed by atoms with van der Waals surface area (Å²) in [5.74, 6) is 0.00644. The zero-order valence-corrected chi connectivity index (χ0v) is 12.2. The number of carbonyl (C=O) groups excluding carboxylic acids is 2. The molecular weight excluding hydrogens is 256 g/mol. The molecule has 3 fully saturated rings. The lowest BCUT2D eigenvalue weighted by atomic mass is 9.87. The van der Waals surface area contributed by atoms with Gasteiger partial charge in [0, 0.05) is 19.6 Å². The predicted molar refractivity (Wildman–Crippen MR) is 75.3 cm³/mol. The maximum Gasteiger partial charge on any atom is 0.325 e. The Bertz CT molecular complexity index is 398. The van der Waals surface area contributed by atoms with Crippen LogP contribution in [-0.4, -0.2) is 66.0 Å². The number of hydrogen-bond donors (Lipinski definition) is 2. The number of nitrogens with zero attached hydrogens (tertiary/aromatic N) is 2. The van der Waals surface area contributed by atoms with Crippen molar-refractivity contribution >= 4 is 11.9 Å². The highest BCUT2D eigenvalue weighted by molar-refractivity contribution is 6.07. The van der Waals surface area contributed by atoms with Crippen LogP contribution in [0.1, 0.15) is 32.6 Å². The third kappa shape index (κ3) is 2.20. The molecule has 3 heterocycles. The molecule has 3 amide bonds. The summed E-state index contributed by atoms with van der Waals surface area (Å²) < 4.78 is 0. The van der Waals surface area contributed by atoms with Crippen LogP contribution < -0.4 is 10.6 Å². The average Bonchev–Trinajstić information content (AvgIpc) is 2.72. The molecule has 0 aromatic rings. The SMILES string of the molecule is CCN1CCC2(CC1)NC(=O)N(C1CCCNC1)C2=O. The molecule has 1 atom stereocenters. The van der Waals surface area contributed by atoms with Crippen LogP contribution in [-0.2, 0) is 4.79 Å². The van der Waals surface area contributed by atoms with Gasteiger partial charge in [-0.05, 0) is 38.8 Å². The van der Waals surface area contributed by atoms with E-state index in [1.807, 2.05) is 0 Å². The summed E-state index contributed by atoms with van der Waals surface area (Å²) in [5, 5.41) is 6.27. The second-order valence-corrected chi connectivity index (χ2v) is 6.12. The average molecular weight is 280 g/mol. The second kappa shape index (κ2) is 5.33. The molecule has 6 heteroatoms. The highest BCUT2D eigenvalue weighted by atomic mass is 16.2. The Balaban J connectivity index is 1.73. The summed E-state index contributed by atoms with van der Waals surface area (Å²) in [6, 6.07) is -0.159. The zero-order valence-electron chi connectivity index (χ0n) is 12.2. The van der Waals surface area contributed by atoms with Crippen LogP contribution in [0.15, 0.2) is 0 Å². The van der Waals surface area contributed by atoms with Crippen molar-refractivity contribution in [3.8, 4) is 0 Å². The van der Waals surface area contributed by atoms with E-state index < -0.39 is 5.54 Å². The fraction of sp³-hybridized carbons (Fsp3) is 0.857. The number of imide groups is 1. The normalized spacial score (nSPS) is 30.9. The molecule has 0 aromatic heterocycles. The van der Waals surface area contributed by atoms with Gasteiger partial charge in [-0.1, -0.05) is 6.92 Å². The Morgan fingerprint density at radius 2 is 2.05 bits per heavy atom. The van der Waals surface area contributed by atoms with Gasteiger partial charge in [0.2, 0.25) is 0 Å². The molecule has 6 nitrogen and oxygen atoms in total. The first-order valence-electron chi connectivity index (χ1n) is 7.75. The Labute approximate surface area is 119 Å². The van der Waals surface area contributed by atoms with Crippen molar-refractivity contribution in [1.82, 2.24) is 20.4 Å². The molecule has 0 bridgehead atoms. The lowest BCUT2D eigenvalue weighted by molar-refractivity contribution is -0.134. The van der Waals surface area contributed by atoms with Crippen LogP contribution in [0.4, 0.5) is 4.79 Å². The van der Waals surface area contributed by atoms with Crippen molar-refractivity contribution in [3.63, 3.8) is 0 Å². The van der Waals surface area contributed by atoms with E-state index in [1.54, 1.807) is 0 Å². The molecular formula is C14H24N4O2. The van der Waals surface area contributed by atoms with Crippen LogP contribution in [0.3, 0.4) is 0 Å². The Morgan fingerprint density at radius 1 is 1.30 bits per heavy atom. The molecule has 112 valence electrons. The molecule has 3 aliphatic heterocycles. The number of carbonyl (C=O) groups is 2. The number of likely N-dealkylation sites (tertiary alicyclic amines) is 1. The summed E-state index contributed by atoms with van der Waals surface area (Å²) in [5.41, 5.74) is -0.625. The van der Waals surface area contributed by atoms with Gasteiger partial charge in [0.1, 0.15) is 5.54 Å². The van der Waals surface area contributed by atoms with Crippen molar-refractivity contribution in [2.75, 3.05) is 32.7 Å². The smallest absolute Gasteiger partial charge is 0.323 e. The fourth-order valence-corrected chi connectivity index (χ4v) is 3.62. The van der Waals surface area contributed by atoms with Crippen LogP contribution in [0.25, 0.3) is 0 Å². The monoisotopic (exact) mass is 280 g/mol. The van der Waals surface area contributed by atoms with E-state index in [4.69, 9.17) is 0 Å². The number of amides is 3.